The van der Waals surface area contributed by atoms with Crippen molar-refractivity contribution in [1.29, 1.82) is 0 Å². The molecule has 2 aromatic rings. The Morgan fingerprint density at radius 1 is 1.54 bits per heavy atom. The molecule has 0 amide bonds. The summed E-state index contributed by atoms with van der Waals surface area (Å²) < 4.78 is 5.52. The first-order chi connectivity index (χ1) is 6.24. The summed E-state index contributed by atoms with van der Waals surface area (Å²) in [6.45, 7) is 0. The number of hydrogen-bond donors (Lipinski definition) is 1. The third-order valence-corrected chi connectivity index (χ3v) is 2.55. The summed E-state index contributed by atoms with van der Waals surface area (Å²) in [6, 6.07) is 3.30. The summed E-state index contributed by atoms with van der Waals surface area (Å²) in [7, 11) is 0. The summed E-state index contributed by atoms with van der Waals surface area (Å²) in [5.74, 6) is -0.0857. The standard InChI is InChI=1S/C9H5BrO3/c10-7-8(12)6(4-11)3-5-1-2-13-9(5)7/h1-4,12H. The number of phenolic OH excluding ortho intramolecular Hbond substituents is 1. The minimum atomic E-state index is -0.0857. The molecule has 0 saturated carbocycles. The lowest BCUT2D eigenvalue weighted by atomic mass is 10.1. The lowest BCUT2D eigenvalue weighted by Gasteiger charge is -2.00. The molecule has 3 nitrogen and oxygen atoms in total. The molecule has 1 aromatic heterocycles. The van der Waals surface area contributed by atoms with E-state index in [1.807, 2.05) is 0 Å². The van der Waals surface area contributed by atoms with Gasteiger partial charge in [-0.05, 0) is 28.1 Å². The molecule has 1 heterocycles. The van der Waals surface area contributed by atoms with Crippen molar-refractivity contribution in [2.75, 3.05) is 0 Å². The number of aromatic hydroxyl groups is 1. The van der Waals surface area contributed by atoms with Crippen LogP contribution in [0.5, 0.6) is 5.75 Å². The van der Waals surface area contributed by atoms with Crippen molar-refractivity contribution < 1.29 is 14.3 Å². The number of aldehydes is 1. The zero-order valence-corrected chi connectivity index (χ0v) is 8.04. The SMILES string of the molecule is O=Cc1cc2ccoc2c(Br)c1O. The number of furan rings is 1. The first-order valence-corrected chi connectivity index (χ1v) is 4.37. The molecule has 0 fully saturated rings. The van der Waals surface area contributed by atoms with E-state index in [0.29, 0.717) is 16.3 Å². The average molecular weight is 241 g/mol. The van der Waals surface area contributed by atoms with Crippen molar-refractivity contribution >= 4 is 33.2 Å². The summed E-state index contributed by atoms with van der Waals surface area (Å²) in [5.41, 5.74) is 0.795. The third-order valence-electron chi connectivity index (χ3n) is 1.81. The zero-order chi connectivity index (χ0) is 9.42. The fourth-order valence-corrected chi connectivity index (χ4v) is 1.72. The predicted molar refractivity (Wildman–Crippen MR) is 51.0 cm³/mol. The van der Waals surface area contributed by atoms with Crippen LogP contribution in [0, 0.1) is 0 Å². The molecule has 0 bridgehead atoms. The van der Waals surface area contributed by atoms with Crippen LogP contribution in [0.3, 0.4) is 0 Å². The Morgan fingerprint density at radius 3 is 3.00 bits per heavy atom. The highest BCUT2D eigenvalue weighted by molar-refractivity contribution is 9.10. The molecule has 0 saturated heterocycles. The molecule has 0 atom stereocenters. The van der Waals surface area contributed by atoms with Gasteiger partial charge in [0.15, 0.2) is 11.9 Å². The van der Waals surface area contributed by atoms with Gasteiger partial charge in [-0.25, -0.2) is 0 Å². The van der Waals surface area contributed by atoms with Gasteiger partial charge in [0, 0.05) is 5.39 Å². The quantitative estimate of drug-likeness (QED) is 0.781. The Bertz CT molecular complexity index is 473. The number of rotatable bonds is 1. The van der Waals surface area contributed by atoms with Gasteiger partial charge in [-0.1, -0.05) is 0 Å². The normalized spacial score (nSPS) is 10.5. The number of phenols is 1. The van der Waals surface area contributed by atoms with Crippen LogP contribution >= 0.6 is 15.9 Å². The van der Waals surface area contributed by atoms with Gasteiger partial charge >= 0.3 is 0 Å². The van der Waals surface area contributed by atoms with Crippen molar-refractivity contribution in [2.45, 2.75) is 0 Å². The van der Waals surface area contributed by atoms with E-state index in [1.54, 1.807) is 12.1 Å². The summed E-state index contributed by atoms with van der Waals surface area (Å²) in [6.07, 6.45) is 2.11. The van der Waals surface area contributed by atoms with E-state index >= 15 is 0 Å². The van der Waals surface area contributed by atoms with Gasteiger partial charge in [-0.2, -0.15) is 0 Å². The van der Waals surface area contributed by atoms with Gasteiger partial charge in [0.25, 0.3) is 0 Å². The van der Waals surface area contributed by atoms with E-state index in [0.717, 1.165) is 5.39 Å². The molecule has 0 aliphatic heterocycles. The number of carbonyl (C=O) groups excluding carboxylic acids is 1. The molecule has 1 aromatic carbocycles. The third kappa shape index (κ3) is 1.14. The highest BCUT2D eigenvalue weighted by atomic mass is 79.9. The topological polar surface area (TPSA) is 50.4 Å². The second-order valence-corrected chi connectivity index (χ2v) is 3.38. The van der Waals surface area contributed by atoms with Crippen LogP contribution in [0.25, 0.3) is 11.0 Å². The molecule has 0 aliphatic carbocycles. The van der Waals surface area contributed by atoms with Crippen LogP contribution in [0.1, 0.15) is 10.4 Å². The fraction of sp³-hybridized carbons (Fsp3) is 0. The molecule has 0 radical (unpaired) electrons. The van der Waals surface area contributed by atoms with E-state index < -0.39 is 0 Å². The van der Waals surface area contributed by atoms with Crippen LogP contribution in [-0.2, 0) is 0 Å². The van der Waals surface area contributed by atoms with Gasteiger partial charge in [0.2, 0.25) is 0 Å². The van der Waals surface area contributed by atoms with Crippen LogP contribution in [-0.4, -0.2) is 11.4 Å². The monoisotopic (exact) mass is 240 g/mol. The number of benzene rings is 1. The van der Waals surface area contributed by atoms with Gasteiger partial charge < -0.3 is 9.52 Å². The summed E-state index contributed by atoms with van der Waals surface area (Å²) in [4.78, 5) is 10.5. The van der Waals surface area contributed by atoms with E-state index in [2.05, 4.69) is 15.9 Å². The maximum Gasteiger partial charge on any atom is 0.153 e. The first kappa shape index (κ1) is 8.31. The van der Waals surface area contributed by atoms with Crippen LogP contribution < -0.4 is 0 Å². The van der Waals surface area contributed by atoms with E-state index in [4.69, 9.17) is 4.42 Å². The minimum absolute atomic E-state index is 0.0857. The van der Waals surface area contributed by atoms with Crippen LogP contribution in [0.15, 0.2) is 27.3 Å². The lowest BCUT2D eigenvalue weighted by molar-refractivity contribution is 0.112. The largest absolute Gasteiger partial charge is 0.506 e. The van der Waals surface area contributed by atoms with Crippen LogP contribution in [0.4, 0.5) is 0 Å². The second-order valence-electron chi connectivity index (χ2n) is 2.59. The van der Waals surface area contributed by atoms with E-state index in [-0.39, 0.29) is 11.3 Å². The van der Waals surface area contributed by atoms with E-state index in [1.165, 1.54) is 6.26 Å². The number of halogens is 1. The van der Waals surface area contributed by atoms with Gasteiger partial charge in [-0.3, -0.25) is 4.79 Å². The summed E-state index contributed by atoms with van der Waals surface area (Å²) in [5, 5.41) is 10.3. The number of fused-ring (bicyclic) bond motifs is 1. The number of hydrogen-bond acceptors (Lipinski definition) is 3. The molecule has 0 aliphatic rings. The fourth-order valence-electron chi connectivity index (χ4n) is 1.17. The Hall–Kier alpha value is -1.29. The van der Waals surface area contributed by atoms with Gasteiger partial charge in [-0.15, -0.1) is 0 Å². The van der Waals surface area contributed by atoms with Crippen molar-refractivity contribution in [3.8, 4) is 5.75 Å². The maximum absolute atomic E-state index is 10.5. The smallest absolute Gasteiger partial charge is 0.153 e. The van der Waals surface area contributed by atoms with Gasteiger partial charge in [0.05, 0.1) is 11.8 Å². The molecule has 4 heteroatoms. The minimum Gasteiger partial charge on any atom is -0.506 e. The predicted octanol–water partition coefficient (Wildman–Crippen LogP) is 2.71. The first-order valence-electron chi connectivity index (χ1n) is 3.58. The Morgan fingerprint density at radius 2 is 2.31 bits per heavy atom. The Balaban J connectivity index is 2.91. The molecule has 2 rings (SSSR count). The average Bonchev–Trinajstić information content (AvgIpc) is 2.59. The Labute approximate surface area is 82.1 Å². The van der Waals surface area contributed by atoms with Crippen molar-refractivity contribution in [1.82, 2.24) is 0 Å². The summed E-state index contributed by atoms with van der Waals surface area (Å²) >= 11 is 3.15. The van der Waals surface area contributed by atoms with E-state index in [9.17, 15) is 9.90 Å². The zero-order valence-electron chi connectivity index (χ0n) is 6.45. The molecular weight excluding hydrogens is 236 g/mol. The van der Waals surface area contributed by atoms with Crippen molar-refractivity contribution in [3.05, 3.63) is 28.4 Å². The molecule has 13 heavy (non-hydrogen) atoms. The molecule has 0 spiro atoms. The molecule has 1 N–H and O–H groups in total. The maximum atomic E-state index is 10.5. The van der Waals surface area contributed by atoms with Crippen molar-refractivity contribution in [3.63, 3.8) is 0 Å². The molecular formula is C9H5BrO3. The lowest BCUT2D eigenvalue weighted by Crippen LogP contribution is -1.82. The second kappa shape index (κ2) is 2.88. The van der Waals surface area contributed by atoms with Crippen molar-refractivity contribution in [2.24, 2.45) is 0 Å². The molecule has 66 valence electrons. The van der Waals surface area contributed by atoms with Crippen LogP contribution in [0.2, 0.25) is 0 Å². The highest BCUT2D eigenvalue weighted by Crippen LogP contribution is 2.35. The Kier molecular flexibility index (Phi) is 1.84. The van der Waals surface area contributed by atoms with Gasteiger partial charge in [0.1, 0.15) is 10.2 Å². The molecule has 0 unspecified atom stereocenters. The highest BCUT2D eigenvalue weighted by Gasteiger charge is 2.11. The number of carbonyl (C=O) groups is 1.